The van der Waals surface area contributed by atoms with Gasteiger partial charge in [0.2, 0.25) is 5.91 Å². The first kappa shape index (κ1) is 20.7. The van der Waals surface area contributed by atoms with Crippen LogP contribution in [0, 0.1) is 19.7 Å². The zero-order valence-electron chi connectivity index (χ0n) is 16.3. The molecule has 1 N–H and O–H groups in total. The van der Waals surface area contributed by atoms with Crippen molar-refractivity contribution in [3.63, 3.8) is 0 Å². The van der Waals surface area contributed by atoms with Gasteiger partial charge in [0.1, 0.15) is 23.9 Å². The first-order valence-corrected chi connectivity index (χ1v) is 8.86. The van der Waals surface area contributed by atoms with Crippen LogP contribution in [0.3, 0.4) is 0 Å². The van der Waals surface area contributed by atoms with Gasteiger partial charge in [-0.25, -0.2) is 4.39 Å². The molecule has 0 fully saturated rings. The van der Waals surface area contributed by atoms with Crippen molar-refractivity contribution < 1.29 is 18.7 Å². The molecule has 0 saturated heterocycles. The summed E-state index contributed by atoms with van der Waals surface area (Å²) in [7, 11) is 3.58. The zero-order valence-corrected chi connectivity index (χ0v) is 16.3. The Morgan fingerprint density at radius 1 is 1.15 bits per heavy atom. The fourth-order valence-corrected chi connectivity index (χ4v) is 3.01. The molecule has 0 saturated carbocycles. The predicted molar refractivity (Wildman–Crippen MR) is 104 cm³/mol. The van der Waals surface area contributed by atoms with Crippen LogP contribution < -0.4 is 14.8 Å². The van der Waals surface area contributed by atoms with Gasteiger partial charge in [0, 0.05) is 6.54 Å². The minimum atomic E-state index is -0.305. The minimum absolute atomic E-state index is 0.0674. The minimum Gasteiger partial charge on any atom is -0.496 e. The van der Waals surface area contributed by atoms with Gasteiger partial charge in [-0.15, -0.1) is 0 Å². The SMILES string of the molecule is COc1c(C)cc(CN(C)CC(=O)NCCOc2ccc(F)cc2)cc1C. The fourth-order valence-electron chi connectivity index (χ4n) is 3.01. The molecule has 0 unspecified atom stereocenters. The summed E-state index contributed by atoms with van der Waals surface area (Å²) >= 11 is 0. The molecule has 0 bridgehead atoms. The van der Waals surface area contributed by atoms with Gasteiger partial charge in [0.05, 0.1) is 20.2 Å². The van der Waals surface area contributed by atoms with Crippen LogP contribution >= 0.6 is 0 Å². The van der Waals surface area contributed by atoms with E-state index in [0.717, 1.165) is 22.4 Å². The highest BCUT2D eigenvalue weighted by atomic mass is 19.1. The number of hydrogen-bond acceptors (Lipinski definition) is 4. The third-order valence-electron chi connectivity index (χ3n) is 4.10. The highest BCUT2D eigenvalue weighted by Gasteiger charge is 2.10. The lowest BCUT2D eigenvalue weighted by Crippen LogP contribution is -2.36. The second kappa shape index (κ2) is 9.92. The lowest BCUT2D eigenvalue weighted by Gasteiger charge is -2.18. The van der Waals surface area contributed by atoms with Gasteiger partial charge in [-0.2, -0.15) is 0 Å². The van der Waals surface area contributed by atoms with Crippen molar-refractivity contribution in [2.45, 2.75) is 20.4 Å². The number of aryl methyl sites for hydroxylation is 2. The van der Waals surface area contributed by atoms with E-state index >= 15 is 0 Å². The second-order valence-corrected chi connectivity index (χ2v) is 6.59. The van der Waals surface area contributed by atoms with E-state index in [0.29, 0.717) is 32.0 Å². The topological polar surface area (TPSA) is 50.8 Å². The summed E-state index contributed by atoms with van der Waals surface area (Å²) in [6.45, 7) is 5.72. The largest absolute Gasteiger partial charge is 0.496 e. The number of carbonyl (C=O) groups excluding carboxylic acids is 1. The molecule has 0 heterocycles. The van der Waals surface area contributed by atoms with Gasteiger partial charge in [-0.05, 0) is 61.9 Å². The Balaban J connectivity index is 1.73. The third-order valence-corrected chi connectivity index (χ3v) is 4.10. The van der Waals surface area contributed by atoms with Gasteiger partial charge in [0.25, 0.3) is 0 Å². The monoisotopic (exact) mass is 374 g/mol. The molecule has 0 aromatic heterocycles. The third kappa shape index (κ3) is 6.57. The number of nitrogens with zero attached hydrogens (tertiary/aromatic N) is 1. The van der Waals surface area contributed by atoms with E-state index in [2.05, 4.69) is 17.4 Å². The maximum Gasteiger partial charge on any atom is 0.234 e. The summed E-state index contributed by atoms with van der Waals surface area (Å²) in [4.78, 5) is 14.0. The molecule has 6 heteroatoms. The van der Waals surface area contributed by atoms with Crippen LogP contribution in [0.4, 0.5) is 4.39 Å². The molecule has 1 amide bonds. The number of hydrogen-bond donors (Lipinski definition) is 1. The zero-order chi connectivity index (χ0) is 19.8. The predicted octanol–water partition coefficient (Wildman–Crippen LogP) is 3.08. The average molecular weight is 374 g/mol. The number of ether oxygens (including phenoxy) is 2. The van der Waals surface area contributed by atoms with E-state index < -0.39 is 0 Å². The Kier molecular flexibility index (Phi) is 7.61. The number of likely N-dealkylation sites (N-methyl/N-ethyl adjacent to an activating group) is 1. The highest BCUT2D eigenvalue weighted by Crippen LogP contribution is 2.24. The van der Waals surface area contributed by atoms with Crippen LogP contribution in [-0.4, -0.2) is 44.7 Å². The van der Waals surface area contributed by atoms with Crippen LogP contribution in [0.25, 0.3) is 0 Å². The Morgan fingerprint density at radius 3 is 2.37 bits per heavy atom. The standard InChI is InChI=1S/C21H27FN2O3/c1-15-11-17(12-16(2)21(15)26-4)13-24(3)14-20(25)23-9-10-27-19-7-5-18(22)6-8-19/h5-8,11-12H,9-10,13-14H2,1-4H3,(H,23,25). The Labute approximate surface area is 160 Å². The molecule has 0 aliphatic carbocycles. The van der Waals surface area contributed by atoms with Crippen LogP contribution in [0.1, 0.15) is 16.7 Å². The van der Waals surface area contributed by atoms with Gasteiger partial charge in [0.15, 0.2) is 0 Å². The summed E-state index contributed by atoms with van der Waals surface area (Å²) in [5.41, 5.74) is 3.31. The van der Waals surface area contributed by atoms with Gasteiger partial charge < -0.3 is 14.8 Å². The molecule has 2 aromatic rings. The summed E-state index contributed by atoms with van der Waals surface area (Å²) < 4.78 is 23.7. The molecule has 27 heavy (non-hydrogen) atoms. The summed E-state index contributed by atoms with van der Waals surface area (Å²) in [6, 6.07) is 9.96. The first-order valence-electron chi connectivity index (χ1n) is 8.86. The Hall–Kier alpha value is -2.60. The smallest absolute Gasteiger partial charge is 0.234 e. The number of carbonyl (C=O) groups is 1. The maximum absolute atomic E-state index is 12.8. The van der Waals surface area contributed by atoms with Crippen LogP contribution in [-0.2, 0) is 11.3 Å². The van der Waals surface area contributed by atoms with Crippen molar-refractivity contribution >= 4 is 5.91 Å². The molecule has 5 nitrogen and oxygen atoms in total. The van der Waals surface area contributed by atoms with Crippen LogP contribution in [0.5, 0.6) is 11.5 Å². The number of rotatable bonds is 9. The van der Waals surface area contributed by atoms with E-state index in [1.54, 1.807) is 19.2 Å². The van der Waals surface area contributed by atoms with E-state index in [4.69, 9.17) is 9.47 Å². The summed E-state index contributed by atoms with van der Waals surface area (Å²) in [5.74, 6) is 1.11. The van der Waals surface area contributed by atoms with Crippen molar-refractivity contribution in [3.8, 4) is 11.5 Å². The Morgan fingerprint density at radius 2 is 1.78 bits per heavy atom. The Bertz CT molecular complexity index is 740. The van der Waals surface area contributed by atoms with Crippen molar-refractivity contribution in [1.82, 2.24) is 10.2 Å². The maximum atomic E-state index is 12.8. The average Bonchev–Trinajstić information content (AvgIpc) is 2.60. The number of methoxy groups -OCH3 is 1. The molecule has 0 aliphatic heterocycles. The fraction of sp³-hybridized carbons (Fsp3) is 0.381. The van der Waals surface area contributed by atoms with Gasteiger partial charge >= 0.3 is 0 Å². The molecule has 2 rings (SSSR count). The first-order chi connectivity index (χ1) is 12.9. The molecule has 146 valence electrons. The number of amides is 1. The van der Waals surface area contributed by atoms with Crippen molar-refractivity contribution in [2.24, 2.45) is 0 Å². The lowest BCUT2D eigenvalue weighted by molar-refractivity contribution is -0.122. The number of halogens is 1. The molecular formula is C21H27FN2O3. The normalized spacial score (nSPS) is 10.7. The van der Waals surface area contributed by atoms with E-state index in [9.17, 15) is 9.18 Å². The van der Waals surface area contributed by atoms with Gasteiger partial charge in [-0.1, -0.05) is 12.1 Å². The van der Waals surface area contributed by atoms with Crippen LogP contribution in [0.2, 0.25) is 0 Å². The van der Waals surface area contributed by atoms with Gasteiger partial charge in [-0.3, -0.25) is 9.69 Å². The van der Waals surface area contributed by atoms with E-state index in [1.807, 2.05) is 25.8 Å². The summed E-state index contributed by atoms with van der Waals surface area (Å²) in [6.07, 6.45) is 0. The van der Waals surface area contributed by atoms with Crippen molar-refractivity contribution in [2.75, 3.05) is 33.9 Å². The molecule has 0 aliphatic rings. The summed E-state index contributed by atoms with van der Waals surface area (Å²) in [5, 5.41) is 2.82. The van der Waals surface area contributed by atoms with E-state index in [1.165, 1.54) is 12.1 Å². The quantitative estimate of drug-likeness (QED) is 0.686. The molecule has 0 spiro atoms. The van der Waals surface area contributed by atoms with Crippen molar-refractivity contribution in [3.05, 3.63) is 58.9 Å². The highest BCUT2D eigenvalue weighted by molar-refractivity contribution is 5.77. The second-order valence-electron chi connectivity index (χ2n) is 6.59. The molecule has 2 aromatic carbocycles. The molecular weight excluding hydrogens is 347 g/mol. The number of nitrogens with one attached hydrogen (secondary N) is 1. The molecule has 0 radical (unpaired) electrons. The van der Waals surface area contributed by atoms with E-state index in [-0.39, 0.29) is 11.7 Å². The molecule has 0 atom stereocenters. The lowest BCUT2D eigenvalue weighted by atomic mass is 10.1. The number of benzene rings is 2. The van der Waals surface area contributed by atoms with Crippen LogP contribution in [0.15, 0.2) is 36.4 Å². The van der Waals surface area contributed by atoms with Crippen molar-refractivity contribution in [1.29, 1.82) is 0 Å².